The Labute approximate surface area is 105 Å². The summed E-state index contributed by atoms with van der Waals surface area (Å²) in [6.07, 6.45) is -0.512. The maximum atomic E-state index is 13.0. The summed E-state index contributed by atoms with van der Waals surface area (Å²) >= 11 is 0. The predicted molar refractivity (Wildman–Crippen MR) is 68.6 cm³/mol. The topological polar surface area (TPSA) is 78.6 Å². The van der Waals surface area contributed by atoms with Crippen LogP contribution in [0.15, 0.2) is 18.2 Å². The first-order chi connectivity index (χ1) is 8.38. The van der Waals surface area contributed by atoms with Crippen LogP contribution in [0, 0.1) is 5.82 Å². The van der Waals surface area contributed by atoms with Crippen molar-refractivity contribution in [1.82, 2.24) is 4.90 Å². The van der Waals surface area contributed by atoms with Gasteiger partial charge in [-0.15, -0.1) is 0 Å². The van der Waals surface area contributed by atoms with Gasteiger partial charge in [-0.1, -0.05) is 0 Å². The number of halogens is 1. The molecule has 1 rings (SSSR count). The number of nitrogens with one attached hydrogen (secondary N) is 1. The molecule has 0 radical (unpaired) electrons. The number of carbonyl (C=O) groups is 1. The number of nitrogen functional groups attached to an aromatic ring is 1. The monoisotopic (exact) mass is 255 g/mol. The number of hydrogen-bond donors (Lipinski definition) is 3. The van der Waals surface area contributed by atoms with Gasteiger partial charge in [0.1, 0.15) is 5.82 Å². The standard InChI is InChI=1S/C12H18FN3O2/c1-8(17)6-16(2)7-12(18)15-11-5-9(13)3-4-10(11)14/h3-5,8,17H,6-7,14H2,1-2H3,(H,15,18). The first kappa shape index (κ1) is 14.4. The number of anilines is 2. The Morgan fingerprint density at radius 1 is 1.61 bits per heavy atom. The molecular weight excluding hydrogens is 237 g/mol. The van der Waals surface area contributed by atoms with Gasteiger partial charge in [0.2, 0.25) is 5.91 Å². The van der Waals surface area contributed by atoms with E-state index in [9.17, 15) is 9.18 Å². The summed E-state index contributed by atoms with van der Waals surface area (Å²) < 4.78 is 13.0. The predicted octanol–water partition coefficient (Wildman–Crippen LogP) is 0.659. The summed E-state index contributed by atoms with van der Waals surface area (Å²) in [6.45, 7) is 2.12. The number of hydrogen-bond acceptors (Lipinski definition) is 4. The summed E-state index contributed by atoms with van der Waals surface area (Å²) in [6, 6.07) is 3.79. The number of carbonyl (C=O) groups excluding carboxylic acids is 1. The van der Waals surface area contributed by atoms with Crippen LogP contribution in [0.5, 0.6) is 0 Å². The van der Waals surface area contributed by atoms with Crippen molar-refractivity contribution < 1.29 is 14.3 Å². The van der Waals surface area contributed by atoms with Crippen LogP contribution in [-0.4, -0.2) is 42.2 Å². The molecule has 0 bridgehead atoms. The van der Waals surface area contributed by atoms with Crippen molar-refractivity contribution in [3.05, 3.63) is 24.0 Å². The molecule has 100 valence electrons. The fourth-order valence-corrected chi connectivity index (χ4v) is 1.59. The lowest BCUT2D eigenvalue weighted by Crippen LogP contribution is -2.34. The van der Waals surface area contributed by atoms with Crippen molar-refractivity contribution in [2.45, 2.75) is 13.0 Å². The maximum absolute atomic E-state index is 13.0. The van der Waals surface area contributed by atoms with Gasteiger partial charge in [-0.05, 0) is 32.2 Å². The third-order valence-electron chi connectivity index (χ3n) is 2.28. The van der Waals surface area contributed by atoms with Crippen LogP contribution >= 0.6 is 0 Å². The molecule has 1 amide bonds. The van der Waals surface area contributed by atoms with Crippen LogP contribution in [0.2, 0.25) is 0 Å². The summed E-state index contributed by atoms with van der Waals surface area (Å²) in [4.78, 5) is 13.3. The Morgan fingerprint density at radius 3 is 2.89 bits per heavy atom. The molecule has 4 N–H and O–H groups in total. The van der Waals surface area contributed by atoms with E-state index in [0.717, 1.165) is 0 Å². The normalized spacial score (nSPS) is 12.5. The quantitative estimate of drug-likeness (QED) is 0.675. The second-order valence-corrected chi connectivity index (χ2v) is 4.33. The number of nitrogens with two attached hydrogens (primary N) is 1. The Bertz CT molecular complexity index is 424. The molecule has 1 aromatic rings. The van der Waals surface area contributed by atoms with Gasteiger partial charge in [0, 0.05) is 6.54 Å². The van der Waals surface area contributed by atoms with E-state index in [1.807, 2.05) is 0 Å². The van der Waals surface area contributed by atoms with Crippen molar-refractivity contribution in [2.24, 2.45) is 0 Å². The van der Waals surface area contributed by atoms with Crippen LogP contribution in [0.3, 0.4) is 0 Å². The molecule has 0 aliphatic heterocycles. The molecular formula is C12H18FN3O2. The van der Waals surface area contributed by atoms with Crippen molar-refractivity contribution in [1.29, 1.82) is 0 Å². The third-order valence-corrected chi connectivity index (χ3v) is 2.28. The smallest absolute Gasteiger partial charge is 0.238 e. The van der Waals surface area contributed by atoms with Gasteiger partial charge in [-0.2, -0.15) is 0 Å². The van der Waals surface area contributed by atoms with Crippen LogP contribution in [0.1, 0.15) is 6.92 Å². The van der Waals surface area contributed by atoms with E-state index in [4.69, 9.17) is 10.8 Å². The van der Waals surface area contributed by atoms with E-state index in [1.165, 1.54) is 18.2 Å². The number of nitrogens with zero attached hydrogens (tertiary/aromatic N) is 1. The highest BCUT2D eigenvalue weighted by Gasteiger charge is 2.10. The third kappa shape index (κ3) is 4.68. The number of likely N-dealkylation sites (N-methyl/N-ethyl adjacent to an activating group) is 1. The van der Waals surface area contributed by atoms with Gasteiger partial charge in [-0.3, -0.25) is 9.69 Å². The fraction of sp³-hybridized carbons (Fsp3) is 0.417. The molecule has 0 aliphatic carbocycles. The minimum atomic E-state index is -0.512. The summed E-state index contributed by atoms with van der Waals surface area (Å²) in [7, 11) is 1.71. The van der Waals surface area contributed by atoms with Crippen LogP contribution in [-0.2, 0) is 4.79 Å². The zero-order chi connectivity index (χ0) is 13.7. The highest BCUT2D eigenvalue weighted by atomic mass is 19.1. The highest BCUT2D eigenvalue weighted by molar-refractivity contribution is 5.95. The molecule has 18 heavy (non-hydrogen) atoms. The molecule has 1 aromatic carbocycles. The van der Waals surface area contributed by atoms with Gasteiger partial charge < -0.3 is 16.2 Å². The zero-order valence-electron chi connectivity index (χ0n) is 10.5. The molecule has 1 atom stereocenters. The van der Waals surface area contributed by atoms with Gasteiger partial charge in [0.25, 0.3) is 0 Å². The lowest BCUT2D eigenvalue weighted by molar-refractivity contribution is -0.117. The lowest BCUT2D eigenvalue weighted by atomic mass is 10.2. The summed E-state index contributed by atoms with van der Waals surface area (Å²) in [5.74, 6) is -0.771. The molecule has 0 fully saturated rings. The number of aliphatic hydroxyl groups is 1. The first-order valence-corrected chi connectivity index (χ1v) is 5.60. The minimum absolute atomic E-state index is 0.0981. The number of benzene rings is 1. The highest BCUT2D eigenvalue weighted by Crippen LogP contribution is 2.18. The SMILES string of the molecule is CC(O)CN(C)CC(=O)Nc1cc(F)ccc1N. The lowest BCUT2D eigenvalue weighted by Gasteiger charge is -2.18. The molecule has 5 nitrogen and oxygen atoms in total. The number of aliphatic hydroxyl groups excluding tert-OH is 1. The van der Waals surface area contributed by atoms with Crippen LogP contribution in [0.25, 0.3) is 0 Å². The minimum Gasteiger partial charge on any atom is -0.397 e. The number of rotatable bonds is 5. The molecule has 0 heterocycles. The second-order valence-electron chi connectivity index (χ2n) is 4.33. The number of amides is 1. The maximum Gasteiger partial charge on any atom is 0.238 e. The van der Waals surface area contributed by atoms with E-state index < -0.39 is 11.9 Å². The first-order valence-electron chi connectivity index (χ1n) is 5.60. The van der Waals surface area contributed by atoms with Gasteiger partial charge in [0.15, 0.2) is 0 Å². The van der Waals surface area contributed by atoms with Crippen molar-refractivity contribution in [3.8, 4) is 0 Å². The molecule has 6 heteroatoms. The van der Waals surface area contributed by atoms with Crippen LogP contribution < -0.4 is 11.1 Å². The largest absolute Gasteiger partial charge is 0.397 e. The van der Waals surface area contributed by atoms with E-state index in [-0.39, 0.29) is 18.1 Å². The summed E-state index contributed by atoms with van der Waals surface area (Å²) in [5.41, 5.74) is 6.18. The van der Waals surface area contributed by atoms with Crippen molar-refractivity contribution in [2.75, 3.05) is 31.2 Å². The van der Waals surface area contributed by atoms with Crippen molar-refractivity contribution in [3.63, 3.8) is 0 Å². The zero-order valence-corrected chi connectivity index (χ0v) is 10.5. The van der Waals surface area contributed by atoms with Crippen molar-refractivity contribution >= 4 is 17.3 Å². The molecule has 0 aromatic heterocycles. The van der Waals surface area contributed by atoms with E-state index in [1.54, 1.807) is 18.9 Å². The Balaban J connectivity index is 2.56. The second kappa shape index (κ2) is 6.32. The molecule has 1 unspecified atom stereocenters. The molecule has 0 spiro atoms. The average molecular weight is 255 g/mol. The van der Waals surface area contributed by atoms with Crippen LogP contribution in [0.4, 0.5) is 15.8 Å². The molecule has 0 saturated heterocycles. The van der Waals surface area contributed by atoms with E-state index in [0.29, 0.717) is 12.2 Å². The Morgan fingerprint density at radius 2 is 2.28 bits per heavy atom. The molecule has 0 saturated carbocycles. The Kier molecular flexibility index (Phi) is 5.06. The van der Waals surface area contributed by atoms with E-state index >= 15 is 0 Å². The fourth-order valence-electron chi connectivity index (χ4n) is 1.59. The van der Waals surface area contributed by atoms with Gasteiger partial charge in [0.05, 0.1) is 24.0 Å². The molecule has 0 aliphatic rings. The Hall–Kier alpha value is -1.66. The van der Waals surface area contributed by atoms with Gasteiger partial charge >= 0.3 is 0 Å². The average Bonchev–Trinajstić information content (AvgIpc) is 2.21. The van der Waals surface area contributed by atoms with Gasteiger partial charge in [-0.25, -0.2) is 4.39 Å². The summed E-state index contributed by atoms with van der Waals surface area (Å²) in [5, 5.41) is 11.7. The van der Waals surface area contributed by atoms with E-state index in [2.05, 4.69) is 5.32 Å².